The minimum absolute atomic E-state index is 0.433. The van der Waals surface area contributed by atoms with Crippen LogP contribution in [0.5, 0.6) is 0 Å². The molecule has 1 heterocycles. The monoisotopic (exact) mass is 340 g/mol. The molecule has 0 spiro atoms. The number of carboxylic acid groups (broad SMARTS) is 1. The normalized spacial score (nSPS) is 14.9. The predicted molar refractivity (Wildman–Crippen MR) is 90.0 cm³/mol. The van der Waals surface area contributed by atoms with Gasteiger partial charge in [-0.25, -0.2) is 9.59 Å². The van der Waals surface area contributed by atoms with Gasteiger partial charge >= 0.3 is 11.9 Å². The Labute approximate surface area is 140 Å². The van der Waals surface area contributed by atoms with Crippen molar-refractivity contribution < 1.29 is 19.4 Å². The van der Waals surface area contributed by atoms with Crippen molar-refractivity contribution in [2.75, 3.05) is 0 Å². The third kappa shape index (κ3) is 4.68. The Bertz CT molecular complexity index is 569. The van der Waals surface area contributed by atoms with Crippen LogP contribution in [0.4, 0.5) is 0 Å². The highest BCUT2D eigenvalue weighted by Crippen LogP contribution is 2.38. The molecule has 0 unspecified atom stereocenters. The number of aliphatic carboxylic acids is 1. The van der Waals surface area contributed by atoms with Crippen LogP contribution < -0.4 is 5.73 Å². The standard InChI is InChI=1S/C16H24N2O4S/c1-14(2,3)22-13(21)16(17,12(19)20)15(4,5)23-10-11-8-6-7-9-18-11/h6-9H,10,17H2,1-5H3,(H,19,20)/t16-/m1/s1. The molecular weight excluding hydrogens is 316 g/mol. The molecule has 1 aromatic rings. The van der Waals surface area contributed by atoms with Crippen LogP contribution in [0.25, 0.3) is 0 Å². The number of ether oxygens (including phenoxy) is 1. The first-order valence-electron chi connectivity index (χ1n) is 7.20. The number of hydrogen-bond acceptors (Lipinski definition) is 6. The molecule has 0 saturated heterocycles. The van der Waals surface area contributed by atoms with Gasteiger partial charge in [0.1, 0.15) is 5.60 Å². The minimum atomic E-state index is -2.17. The molecule has 7 heteroatoms. The fraction of sp³-hybridized carbons (Fsp3) is 0.562. The number of carbonyl (C=O) groups excluding carboxylic acids is 1. The van der Waals surface area contributed by atoms with Gasteiger partial charge in [-0.1, -0.05) is 6.07 Å². The number of esters is 1. The van der Waals surface area contributed by atoms with Gasteiger partial charge in [0.25, 0.3) is 0 Å². The number of rotatable bonds is 6. The number of carbonyl (C=O) groups is 2. The summed E-state index contributed by atoms with van der Waals surface area (Å²) < 4.78 is 4.13. The van der Waals surface area contributed by atoms with Crippen LogP contribution in [0.2, 0.25) is 0 Å². The lowest BCUT2D eigenvalue weighted by Gasteiger charge is -2.39. The van der Waals surface area contributed by atoms with Gasteiger partial charge in [-0.05, 0) is 46.8 Å². The van der Waals surface area contributed by atoms with Gasteiger partial charge in [-0.15, -0.1) is 11.8 Å². The molecular formula is C16H24N2O4S. The lowest BCUT2D eigenvalue weighted by molar-refractivity contribution is -0.170. The van der Waals surface area contributed by atoms with E-state index in [0.717, 1.165) is 5.69 Å². The third-order valence-corrected chi connectivity index (χ3v) is 4.80. The summed E-state index contributed by atoms with van der Waals surface area (Å²) in [5, 5.41) is 9.58. The Kier molecular flexibility index (Phi) is 5.82. The number of hydrogen-bond donors (Lipinski definition) is 2. The largest absolute Gasteiger partial charge is 0.479 e. The average Bonchev–Trinajstić information content (AvgIpc) is 2.43. The molecule has 0 aliphatic heterocycles. The van der Waals surface area contributed by atoms with Crippen LogP contribution in [-0.2, 0) is 20.1 Å². The van der Waals surface area contributed by atoms with Crippen molar-refractivity contribution in [1.82, 2.24) is 4.98 Å². The van der Waals surface area contributed by atoms with Gasteiger partial charge in [-0.3, -0.25) is 4.98 Å². The second-order valence-corrected chi connectivity index (χ2v) is 8.33. The van der Waals surface area contributed by atoms with Crippen LogP contribution in [0.1, 0.15) is 40.3 Å². The number of carboxylic acids is 1. The second-order valence-electron chi connectivity index (χ2n) is 6.74. The van der Waals surface area contributed by atoms with Gasteiger partial charge in [0.15, 0.2) is 0 Å². The van der Waals surface area contributed by atoms with Gasteiger partial charge in [0.05, 0.1) is 10.4 Å². The van der Waals surface area contributed by atoms with Crippen LogP contribution in [0, 0.1) is 0 Å². The van der Waals surface area contributed by atoms with E-state index < -0.39 is 27.8 Å². The number of thioether (sulfide) groups is 1. The second kappa shape index (κ2) is 6.88. The summed E-state index contributed by atoms with van der Waals surface area (Å²) in [6, 6.07) is 5.47. The molecule has 0 saturated carbocycles. The zero-order chi connectivity index (χ0) is 17.9. The molecule has 0 aliphatic carbocycles. The van der Waals surface area contributed by atoms with E-state index in [1.54, 1.807) is 46.9 Å². The Morgan fingerprint density at radius 1 is 1.26 bits per heavy atom. The molecule has 6 nitrogen and oxygen atoms in total. The van der Waals surface area contributed by atoms with Crippen molar-refractivity contribution in [3.05, 3.63) is 30.1 Å². The first-order valence-corrected chi connectivity index (χ1v) is 8.18. The fourth-order valence-electron chi connectivity index (χ4n) is 1.80. The fourth-order valence-corrected chi connectivity index (χ4v) is 2.88. The van der Waals surface area contributed by atoms with E-state index in [0.29, 0.717) is 5.75 Å². The van der Waals surface area contributed by atoms with E-state index in [-0.39, 0.29) is 0 Å². The number of nitrogens with zero attached hydrogens (tertiary/aromatic N) is 1. The molecule has 0 radical (unpaired) electrons. The summed E-state index contributed by atoms with van der Waals surface area (Å²) in [4.78, 5) is 28.4. The van der Waals surface area contributed by atoms with Crippen molar-refractivity contribution >= 4 is 23.7 Å². The highest BCUT2D eigenvalue weighted by Gasteiger charge is 2.57. The van der Waals surface area contributed by atoms with E-state index in [2.05, 4.69) is 4.98 Å². The van der Waals surface area contributed by atoms with Crippen molar-refractivity contribution in [1.29, 1.82) is 0 Å². The molecule has 128 valence electrons. The zero-order valence-electron chi connectivity index (χ0n) is 14.1. The first-order chi connectivity index (χ1) is 10.4. The summed E-state index contributed by atoms with van der Waals surface area (Å²) in [6.45, 7) is 8.25. The Balaban J connectivity index is 3.01. The van der Waals surface area contributed by atoms with Crippen molar-refractivity contribution in [3.63, 3.8) is 0 Å². The van der Waals surface area contributed by atoms with Gasteiger partial charge in [0, 0.05) is 11.9 Å². The summed E-state index contributed by atoms with van der Waals surface area (Å²) >= 11 is 1.25. The predicted octanol–water partition coefficient (Wildman–Crippen LogP) is 2.22. The first kappa shape index (κ1) is 19.4. The van der Waals surface area contributed by atoms with Crippen LogP contribution >= 0.6 is 11.8 Å². The van der Waals surface area contributed by atoms with Gasteiger partial charge in [0.2, 0.25) is 5.54 Å². The zero-order valence-corrected chi connectivity index (χ0v) is 14.9. The SMILES string of the molecule is CC(C)(C)OC(=O)[C@](N)(C(=O)O)C(C)(C)SCc1ccccn1. The molecule has 0 amide bonds. The van der Waals surface area contributed by atoms with Gasteiger partial charge in [-0.2, -0.15) is 0 Å². The van der Waals surface area contributed by atoms with E-state index >= 15 is 0 Å². The number of pyridine rings is 1. The van der Waals surface area contributed by atoms with Crippen LogP contribution in [0.15, 0.2) is 24.4 Å². The van der Waals surface area contributed by atoms with Crippen molar-refractivity contribution in [2.45, 2.75) is 56.3 Å². The number of aromatic nitrogens is 1. The van der Waals surface area contributed by atoms with E-state index in [1.807, 2.05) is 12.1 Å². The molecule has 1 aromatic heterocycles. The highest BCUT2D eigenvalue weighted by molar-refractivity contribution is 8.00. The molecule has 0 fully saturated rings. The Hall–Kier alpha value is -1.60. The maximum Gasteiger partial charge on any atom is 0.339 e. The Morgan fingerprint density at radius 3 is 2.30 bits per heavy atom. The average molecular weight is 340 g/mol. The quantitative estimate of drug-likeness (QED) is 0.604. The lowest BCUT2D eigenvalue weighted by atomic mass is 9.86. The van der Waals surface area contributed by atoms with Crippen molar-refractivity contribution in [2.24, 2.45) is 5.73 Å². The summed E-state index contributed by atoms with van der Waals surface area (Å²) in [7, 11) is 0. The third-order valence-electron chi connectivity index (χ3n) is 3.31. The molecule has 1 atom stereocenters. The maximum atomic E-state index is 12.4. The van der Waals surface area contributed by atoms with E-state index in [4.69, 9.17) is 10.5 Å². The van der Waals surface area contributed by atoms with E-state index in [1.165, 1.54) is 11.8 Å². The smallest absolute Gasteiger partial charge is 0.339 e. The summed E-state index contributed by atoms with van der Waals surface area (Å²) in [6.07, 6.45) is 1.66. The van der Waals surface area contributed by atoms with Crippen LogP contribution in [-0.4, -0.2) is 37.9 Å². The Morgan fingerprint density at radius 2 is 1.87 bits per heavy atom. The van der Waals surface area contributed by atoms with E-state index in [9.17, 15) is 14.7 Å². The minimum Gasteiger partial charge on any atom is -0.479 e. The van der Waals surface area contributed by atoms with Crippen LogP contribution in [0.3, 0.4) is 0 Å². The molecule has 0 aliphatic rings. The maximum absolute atomic E-state index is 12.4. The highest BCUT2D eigenvalue weighted by atomic mass is 32.2. The summed E-state index contributed by atoms with van der Waals surface area (Å²) in [5.74, 6) is -1.93. The molecule has 23 heavy (non-hydrogen) atoms. The number of nitrogens with two attached hydrogens (primary N) is 1. The van der Waals surface area contributed by atoms with Gasteiger partial charge < -0.3 is 15.6 Å². The topological polar surface area (TPSA) is 103 Å². The summed E-state index contributed by atoms with van der Waals surface area (Å²) in [5.41, 5.74) is 3.81. The van der Waals surface area contributed by atoms with Crippen molar-refractivity contribution in [3.8, 4) is 0 Å². The lowest BCUT2D eigenvalue weighted by Crippen LogP contribution is -2.67. The molecule has 3 N–H and O–H groups in total. The molecule has 0 bridgehead atoms. The molecule has 0 aromatic carbocycles. The molecule has 1 rings (SSSR count).